The van der Waals surface area contributed by atoms with Gasteiger partial charge < -0.3 is 5.32 Å². The molecular weight excluding hydrogens is 230 g/mol. The fourth-order valence-corrected chi connectivity index (χ4v) is 2.04. The molecule has 1 aliphatic heterocycles. The third kappa shape index (κ3) is 3.63. The van der Waals surface area contributed by atoms with Crippen LogP contribution in [0.2, 0.25) is 0 Å². The Kier molecular flexibility index (Phi) is 4.41. The van der Waals surface area contributed by atoms with E-state index < -0.39 is 0 Å². The van der Waals surface area contributed by atoms with Crippen molar-refractivity contribution < 1.29 is 4.92 Å². The van der Waals surface area contributed by atoms with Crippen LogP contribution in [-0.2, 0) is 0 Å². The van der Waals surface area contributed by atoms with E-state index in [-0.39, 0.29) is 16.7 Å². The minimum atomic E-state index is -0.384. The predicted molar refractivity (Wildman–Crippen MR) is 71.2 cm³/mol. The Morgan fingerprint density at radius 1 is 1.44 bits per heavy atom. The fraction of sp³-hybridized carbons (Fsp3) is 0.462. The lowest BCUT2D eigenvalue weighted by Crippen LogP contribution is -2.23. The van der Waals surface area contributed by atoms with Gasteiger partial charge in [-0.15, -0.1) is 0 Å². The van der Waals surface area contributed by atoms with E-state index in [0.717, 1.165) is 25.1 Å². The quantitative estimate of drug-likeness (QED) is 0.505. The highest BCUT2D eigenvalue weighted by molar-refractivity contribution is 5.80. The van der Waals surface area contributed by atoms with Crippen molar-refractivity contribution >= 4 is 11.9 Å². The molecule has 2 rings (SSSR count). The van der Waals surface area contributed by atoms with Crippen LogP contribution >= 0.6 is 0 Å². The molecule has 0 spiro atoms. The van der Waals surface area contributed by atoms with Crippen LogP contribution in [0.4, 0.5) is 5.69 Å². The Labute approximate surface area is 106 Å². The topological polar surface area (TPSA) is 67.5 Å². The lowest BCUT2D eigenvalue weighted by molar-refractivity contribution is -0.384. The first kappa shape index (κ1) is 12.7. The van der Waals surface area contributed by atoms with Crippen molar-refractivity contribution in [1.82, 2.24) is 5.32 Å². The number of nitrogens with one attached hydrogen (secondary N) is 1. The normalized spacial score (nSPS) is 20.8. The van der Waals surface area contributed by atoms with E-state index in [1.165, 1.54) is 18.9 Å². The summed E-state index contributed by atoms with van der Waals surface area (Å²) in [5, 5.41) is 14.0. The van der Waals surface area contributed by atoms with Gasteiger partial charge in [0.05, 0.1) is 11.0 Å². The summed E-state index contributed by atoms with van der Waals surface area (Å²) in [6.45, 7) is 1.95. The molecule has 1 N–H and O–H groups in total. The number of hydrogen-bond donors (Lipinski definition) is 1. The molecule has 18 heavy (non-hydrogen) atoms. The molecule has 0 radical (unpaired) electrons. The minimum absolute atomic E-state index is 0.109. The second-order valence-electron chi connectivity index (χ2n) is 4.48. The number of nitro benzene ring substituents is 1. The van der Waals surface area contributed by atoms with Crippen molar-refractivity contribution in [2.75, 3.05) is 13.1 Å². The molecule has 1 fully saturated rings. The summed E-state index contributed by atoms with van der Waals surface area (Å²) in [4.78, 5) is 14.8. The molecule has 96 valence electrons. The van der Waals surface area contributed by atoms with E-state index in [0.29, 0.717) is 0 Å². The van der Waals surface area contributed by atoms with Gasteiger partial charge in [0.1, 0.15) is 0 Å². The van der Waals surface area contributed by atoms with Gasteiger partial charge in [-0.1, -0.05) is 18.6 Å². The average Bonchev–Trinajstić information content (AvgIpc) is 2.65. The molecule has 1 aromatic carbocycles. The first-order valence-electron chi connectivity index (χ1n) is 6.24. The van der Waals surface area contributed by atoms with Crippen LogP contribution in [0.5, 0.6) is 0 Å². The molecule has 0 bridgehead atoms. The number of non-ortho nitro benzene ring substituents is 1. The Hall–Kier alpha value is -1.75. The molecule has 5 nitrogen and oxygen atoms in total. The van der Waals surface area contributed by atoms with Gasteiger partial charge in [-0.25, -0.2) is 0 Å². The highest BCUT2D eigenvalue weighted by Gasteiger charge is 2.09. The minimum Gasteiger partial charge on any atom is -0.315 e. The lowest BCUT2D eigenvalue weighted by Gasteiger charge is -2.07. The molecule has 0 saturated carbocycles. The first-order chi connectivity index (χ1) is 8.75. The van der Waals surface area contributed by atoms with Crippen molar-refractivity contribution in [3.8, 4) is 0 Å². The summed E-state index contributed by atoms with van der Waals surface area (Å²) in [5.41, 5.74) is 0.895. The molecule has 1 atom stereocenters. The van der Waals surface area contributed by atoms with Gasteiger partial charge in [0.25, 0.3) is 5.69 Å². The van der Waals surface area contributed by atoms with Crippen LogP contribution < -0.4 is 5.32 Å². The van der Waals surface area contributed by atoms with Crippen molar-refractivity contribution in [3.05, 3.63) is 39.9 Å². The van der Waals surface area contributed by atoms with Gasteiger partial charge >= 0.3 is 0 Å². The zero-order valence-corrected chi connectivity index (χ0v) is 10.2. The first-order valence-corrected chi connectivity index (χ1v) is 6.24. The maximum Gasteiger partial charge on any atom is 0.270 e. The van der Waals surface area contributed by atoms with E-state index >= 15 is 0 Å². The molecule has 1 saturated heterocycles. The van der Waals surface area contributed by atoms with Crippen LogP contribution in [0, 0.1) is 10.1 Å². The van der Waals surface area contributed by atoms with Crippen LogP contribution in [-0.4, -0.2) is 30.3 Å². The van der Waals surface area contributed by atoms with Gasteiger partial charge in [0.2, 0.25) is 0 Å². The molecule has 0 aliphatic carbocycles. The highest BCUT2D eigenvalue weighted by atomic mass is 16.6. The Balaban J connectivity index is 2.03. The third-order valence-corrected chi connectivity index (χ3v) is 3.04. The number of rotatable bonds is 3. The van der Waals surface area contributed by atoms with Crippen molar-refractivity contribution in [3.63, 3.8) is 0 Å². The number of hydrogen-bond acceptors (Lipinski definition) is 4. The second kappa shape index (κ2) is 6.26. The largest absolute Gasteiger partial charge is 0.315 e. The van der Waals surface area contributed by atoms with E-state index in [1.807, 2.05) is 6.07 Å². The van der Waals surface area contributed by atoms with Crippen molar-refractivity contribution in [1.29, 1.82) is 0 Å². The fourth-order valence-electron chi connectivity index (χ4n) is 2.04. The maximum atomic E-state index is 10.7. The SMILES string of the molecule is O=[N+]([O-])c1cccc(C=NC2CCCCNC2)c1. The van der Waals surface area contributed by atoms with Crippen LogP contribution in [0.3, 0.4) is 0 Å². The van der Waals surface area contributed by atoms with Gasteiger partial charge in [-0.3, -0.25) is 15.1 Å². The summed E-state index contributed by atoms with van der Waals surface area (Å²) in [5.74, 6) is 0. The maximum absolute atomic E-state index is 10.7. The van der Waals surface area contributed by atoms with E-state index in [4.69, 9.17) is 0 Å². The van der Waals surface area contributed by atoms with Crippen molar-refractivity contribution in [2.24, 2.45) is 4.99 Å². The molecule has 0 amide bonds. The van der Waals surface area contributed by atoms with E-state index in [1.54, 1.807) is 18.3 Å². The van der Waals surface area contributed by atoms with Crippen molar-refractivity contribution in [2.45, 2.75) is 25.3 Å². The number of aliphatic imine (C=N–C) groups is 1. The van der Waals surface area contributed by atoms with Crippen LogP contribution in [0.25, 0.3) is 0 Å². The highest BCUT2D eigenvalue weighted by Crippen LogP contribution is 2.12. The van der Waals surface area contributed by atoms with Gasteiger partial charge in [-0.2, -0.15) is 0 Å². The van der Waals surface area contributed by atoms with Gasteiger partial charge in [0.15, 0.2) is 0 Å². The molecule has 5 heteroatoms. The van der Waals surface area contributed by atoms with Gasteiger partial charge in [0, 0.05) is 24.9 Å². The summed E-state index contributed by atoms with van der Waals surface area (Å²) in [6.07, 6.45) is 5.20. The summed E-state index contributed by atoms with van der Waals surface area (Å²) < 4.78 is 0. The van der Waals surface area contributed by atoms with E-state index in [2.05, 4.69) is 10.3 Å². The molecule has 1 aliphatic rings. The summed E-state index contributed by atoms with van der Waals surface area (Å²) in [7, 11) is 0. The lowest BCUT2D eigenvalue weighted by atomic mass is 10.1. The Morgan fingerprint density at radius 3 is 3.17 bits per heavy atom. The molecule has 1 unspecified atom stereocenters. The second-order valence-corrected chi connectivity index (χ2v) is 4.48. The zero-order valence-electron chi connectivity index (χ0n) is 10.2. The Morgan fingerprint density at radius 2 is 2.33 bits per heavy atom. The van der Waals surface area contributed by atoms with Crippen LogP contribution in [0.1, 0.15) is 24.8 Å². The smallest absolute Gasteiger partial charge is 0.270 e. The summed E-state index contributed by atoms with van der Waals surface area (Å²) >= 11 is 0. The molecule has 1 heterocycles. The zero-order chi connectivity index (χ0) is 12.8. The Bertz CT molecular complexity index is 438. The third-order valence-electron chi connectivity index (χ3n) is 3.04. The molecule has 1 aromatic rings. The van der Waals surface area contributed by atoms with E-state index in [9.17, 15) is 10.1 Å². The number of benzene rings is 1. The molecular formula is C13H17N3O2. The monoisotopic (exact) mass is 247 g/mol. The number of nitro groups is 1. The average molecular weight is 247 g/mol. The standard InChI is InChI=1S/C13H17N3O2/c17-16(18)13-6-3-4-11(8-13)9-15-12-5-1-2-7-14-10-12/h3-4,6,8-9,12,14H,1-2,5,7,10H2. The van der Waals surface area contributed by atoms with Crippen LogP contribution in [0.15, 0.2) is 29.3 Å². The predicted octanol–water partition coefficient (Wildman–Crippen LogP) is 2.16. The summed E-state index contributed by atoms with van der Waals surface area (Å²) in [6, 6.07) is 6.84. The molecule has 0 aromatic heterocycles. The number of nitrogens with zero attached hydrogens (tertiary/aromatic N) is 2. The van der Waals surface area contributed by atoms with Gasteiger partial charge in [-0.05, 0) is 24.9 Å².